The number of nitrogens with zero attached hydrogens (tertiary/aromatic N) is 4. The third kappa shape index (κ3) is 3.52. The van der Waals surface area contributed by atoms with E-state index in [1.165, 1.54) is 11.0 Å². The molecule has 1 aliphatic carbocycles. The summed E-state index contributed by atoms with van der Waals surface area (Å²) in [5.41, 5.74) is -0.0370. The molecular formula is C17H21N5O3. The van der Waals surface area contributed by atoms with Crippen molar-refractivity contribution in [2.75, 3.05) is 0 Å². The van der Waals surface area contributed by atoms with E-state index in [0.29, 0.717) is 24.3 Å². The molecule has 0 bridgehead atoms. The number of carboxylic acid groups (broad SMARTS) is 1. The molecule has 132 valence electrons. The van der Waals surface area contributed by atoms with Gasteiger partial charge in [0.05, 0.1) is 5.69 Å². The third-order valence-corrected chi connectivity index (χ3v) is 5.04. The Morgan fingerprint density at radius 2 is 1.96 bits per heavy atom. The molecule has 2 N–H and O–H groups in total. The molecule has 0 unspecified atom stereocenters. The Labute approximate surface area is 145 Å². The van der Waals surface area contributed by atoms with Gasteiger partial charge in [-0.05, 0) is 66.3 Å². The molecule has 1 aliphatic rings. The van der Waals surface area contributed by atoms with Crippen molar-refractivity contribution in [3.63, 3.8) is 0 Å². The van der Waals surface area contributed by atoms with Crippen molar-refractivity contribution in [1.82, 2.24) is 25.5 Å². The fraction of sp³-hybridized carbons (Fsp3) is 0.471. The Hall–Kier alpha value is -2.77. The number of aliphatic carboxylic acids is 1. The molecule has 0 aliphatic heterocycles. The third-order valence-electron chi connectivity index (χ3n) is 5.04. The molecule has 0 spiro atoms. The first kappa shape index (κ1) is 17.1. The molecule has 1 fully saturated rings. The van der Waals surface area contributed by atoms with Crippen LogP contribution in [0.1, 0.15) is 49.4 Å². The van der Waals surface area contributed by atoms with Gasteiger partial charge in [0.15, 0.2) is 0 Å². The van der Waals surface area contributed by atoms with E-state index in [2.05, 4.69) is 27.8 Å². The van der Waals surface area contributed by atoms with Crippen LogP contribution in [0, 0.1) is 5.92 Å². The van der Waals surface area contributed by atoms with Crippen LogP contribution in [0.5, 0.6) is 0 Å². The van der Waals surface area contributed by atoms with Crippen molar-refractivity contribution in [3.05, 3.63) is 36.2 Å². The standard InChI is InChI=1S/C17H21N5O3/c1-2-12-7-9-17(10-8-12,16(24)25)19-15(23)13-3-5-14(6-4-13)22-11-18-20-21-22/h3-6,11-12H,2,7-10H2,1H3,(H,19,23)(H,24,25). The molecule has 0 radical (unpaired) electrons. The summed E-state index contributed by atoms with van der Waals surface area (Å²) >= 11 is 0. The van der Waals surface area contributed by atoms with E-state index in [1.54, 1.807) is 24.3 Å². The number of amides is 1. The summed E-state index contributed by atoms with van der Waals surface area (Å²) in [6.45, 7) is 2.11. The molecule has 1 aromatic carbocycles. The van der Waals surface area contributed by atoms with E-state index in [1.807, 2.05) is 0 Å². The molecule has 1 heterocycles. The minimum atomic E-state index is -1.17. The van der Waals surface area contributed by atoms with Crippen molar-refractivity contribution in [3.8, 4) is 5.69 Å². The van der Waals surface area contributed by atoms with Crippen molar-refractivity contribution in [1.29, 1.82) is 0 Å². The topological polar surface area (TPSA) is 110 Å². The summed E-state index contributed by atoms with van der Waals surface area (Å²) in [6, 6.07) is 6.71. The van der Waals surface area contributed by atoms with E-state index < -0.39 is 11.5 Å². The maximum atomic E-state index is 12.5. The summed E-state index contributed by atoms with van der Waals surface area (Å²) < 4.78 is 1.48. The zero-order chi connectivity index (χ0) is 17.9. The van der Waals surface area contributed by atoms with Gasteiger partial charge in [0.25, 0.3) is 5.91 Å². The van der Waals surface area contributed by atoms with Crippen LogP contribution in [0.4, 0.5) is 0 Å². The van der Waals surface area contributed by atoms with Crippen molar-refractivity contribution in [2.45, 2.75) is 44.6 Å². The number of tetrazole rings is 1. The molecule has 25 heavy (non-hydrogen) atoms. The normalized spacial score (nSPS) is 23.2. The van der Waals surface area contributed by atoms with Gasteiger partial charge in [-0.25, -0.2) is 9.48 Å². The lowest BCUT2D eigenvalue weighted by molar-refractivity contribution is -0.146. The highest BCUT2D eigenvalue weighted by Crippen LogP contribution is 2.34. The number of rotatable bonds is 5. The Morgan fingerprint density at radius 3 is 2.48 bits per heavy atom. The van der Waals surface area contributed by atoms with Crippen molar-refractivity contribution in [2.24, 2.45) is 5.92 Å². The Kier molecular flexibility index (Phi) is 4.78. The summed E-state index contributed by atoms with van der Waals surface area (Å²) in [5, 5.41) is 23.3. The minimum Gasteiger partial charge on any atom is -0.480 e. The van der Waals surface area contributed by atoms with Gasteiger partial charge in [-0.2, -0.15) is 0 Å². The maximum absolute atomic E-state index is 12.5. The van der Waals surface area contributed by atoms with Gasteiger partial charge in [-0.1, -0.05) is 13.3 Å². The van der Waals surface area contributed by atoms with E-state index in [0.717, 1.165) is 24.9 Å². The summed E-state index contributed by atoms with van der Waals surface area (Å²) in [5.74, 6) is -0.790. The molecule has 1 amide bonds. The lowest BCUT2D eigenvalue weighted by atomic mass is 9.75. The van der Waals surface area contributed by atoms with E-state index in [4.69, 9.17) is 0 Å². The molecule has 8 nitrogen and oxygen atoms in total. The molecule has 0 saturated heterocycles. The Morgan fingerprint density at radius 1 is 1.28 bits per heavy atom. The zero-order valence-electron chi connectivity index (χ0n) is 14.1. The quantitative estimate of drug-likeness (QED) is 0.857. The van der Waals surface area contributed by atoms with Crippen LogP contribution < -0.4 is 5.32 Å². The Balaban J connectivity index is 1.72. The largest absolute Gasteiger partial charge is 0.480 e. The summed E-state index contributed by atoms with van der Waals surface area (Å²) in [6.07, 6.45) is 5.08. The van der Waals surface area contributed by atoms with Crippen molar-refractivity contribution < 1.29 is 14.7 Å². The number of nitrogens with one attached hydrogen (secondary N) is 1. The molecule has 3 rings (SSSR count). The second-order valence-electron chi connectivity index (χ2n) is 6.49. The highest BCUT2D eigenvalue weighted by molar-refractivity contribution is 5.98. The Bertz CT molecular complexity index is 734. The van der Waals surface area contributed by atoms with Crippen LogP contribution in [0.25, 0.3) is 5.69 Å². The number of carboxylic acids is 1. The SMILES string of the molecule is CCC1CCC(NC(=O)c2ccc(-n3cnnn3)cc2)(C(=O)O)CC1. The summed E-state index contributed by atoms with van der Waals surface area (Å²) in [7, 11) is 0. The van der Waals surface area contributed by atoms with Gasteiger partial charge in [0.2, 0.25) is 0 Å². The number of hydrogen-bond donors (Lipinski definition) is 2. The fourth-order valence-corrected chi connectivity index (χ4v) is 3.31. The number of aromatic nitrogens is 4. The molecular weight excluding hydrogens is 322 g/mol. The molecule has 2 aromatic rings. The second kappa shape index (κ2) is 7.00. The zero-order valence-corrected chi connectivity index (χ0v) is 14.1. The lowest BCUT2D eigenvalue weighted by Gasteiger charge is -2.37. The van der Waals surface area contributed by atoms with Crippen LogP contribution in [-0.2, 0) is 4.79 Å². The maximum Gasteiger partial charge on any atom is 0.329 e. The van der Waals surface area contributed by atoms with Gasteiger partial charge < -0.3 is 10.4 Å². The average Bonchev–Trinajstić information content (AvgIpc) is 3.17. The fourth-order valence-electron chi connectivity index (χ4n) is 3.31. The van der Waals surface area contributed by atoms with Crippen LogP contribution in [0.3, 0.4) is 0 Å². The second-order valence-corrected chi connectivity index (χ2v) is 6.49. The first-order valence-electron chi connectivity index (χ1n) is 8.43. The predicted octanol–water partition coefficient (Wildman–Crippen LogP) is 1.82. The first-order chi connectivity index (χ1) is 12.0. The van der Waals surface area contributed by atoms with Gasteiger partial charge >= 0.3 is 5.97 Å². The highest BCUT2D eigenvalue weighted by atomic mass is 16.4. The number of benzene rings is 1. The summed E-state index contributed by atoms with van der Waals surface area (Å²) in [4.78, 5) is 24.4. The number of carbonyl (C=O) groups is 2. The monoisotopic (exact) mass is 343 g/mol. The molecule has 1 aromatic heterocycles. The smallest absolute Gasteiger partial charge is 0.329 e. The highest BCUT2D eigenvalue weighted by Gasteiger charge is 2.43. The van der Waals surface area contributed by atoms with E-state index >= 15 is 0 Å². The van der Waals surface area contributed by atoms with Gasteiger partial charge in [-0.15, -0.1) is 5.10 Å². The van der Waals surface area contributed by atoms with E-state index in [9.17, 15) is 14.7 Å². The molecule has 8 heteroatoms. The number of hydrogen-bond acceptors (Lipinski definition) is 5. The molecule has 1 saturated carbocycles. The van der Waals surface area contributed by atoms with Crippen LogP contribution in [-0.4, -0.2) is 42.7 Å². The van der Waals surface area contributed by atoms with Crippen LogP contribution >= 0.6 is 0 Å². The van der Waals surface area contributed by atoms with Gasteiger partial charge in [0.1, 0.15) is 11.9 Å². The lowest BCUT2D eigenvalue weighted by Crippen LogP contribution is -2.56. The predicted molar refractivity (Wildman–Crippen MR) is 89.2 cm³/mol. The first-order valence-corrected chi connectivity index (χ1v) is 8.43. The minimum absolute atomic E-state index is 0.374. The van der Waals surface area contributed by atoms with Crippen LogP contribution in [0.2, 0.25) is 0 Å². The van der Waals surface area contributed by atoms with Crippen molar-refractivity contribution >= 4 is 11.9 Å². The number of carbonyl (C=O) groups excluding carboxylic acids is 1. The van der Waals surface area contributed by atoms with E-state index in [-0.39, 0.29) is 5.91 Å². The molecule has 0 atom stereocenters. The average molecular weight is 343 g/mol. The van der Waals surface area contributed by atoms with Crippen LogP contribution in [0.15, 0.2) is 30.6 Å². The van der Waals surface area contributed by atoms with Gasteiger partial charge in [-0.3, -0.25) is 4.79 Å². The van der Waals surface area contributed by atoms with Gasteiger partial charge in [0, 0.05) is 5.56 Å².